The Morgan fingerprint density at radius 3 is 1.84 bits per heavy atom. The molecule has 1 heterocycles. The Labute approximate surface area is 363 Å². The van der Waals surface area contributed by atoms with Gasteiger partial charge >= 0.3 is 0 Å². The van der Waals surface area contributed by atoms with Crippen molar-refractivity contribution in [1.82, 2.24) is 0 Å². The molecule has 1 aromatic heterocycles. The van der Waals surface area contributed by atoms with Crippen LogP contribution in [0.4, 0.5) is 17.1 Å². The van der Waals surface area contributed by atoms with E-state index in [1.54, 1.807) is 0 Å². The number of hydrogen-bond donors (Lipinski definition) is 0. The molecule has 0 amide bonds. The molecule has 0 atom stereocenters. The van der Waals surface area contributed by atoms with Gasteiger partial charge in [-0.15, -0.1) is 0 Å². The summed E-state index contributed by atoms with van der Waals surface area (Å²) in [5.41, 5.74) is 22.9. The quantitative estimate of drug-likeness (QED) is 0.167. The van der Waals surface area contributed by atoms with E-state index in [0.717, 1.165) is 44.4 Å². The highest BCUT2D eigenvalue weighted by Crippen LogP contribution is 2.55. The van der Waals surface area contributed by atoms with Gasteiger partial charge in [-0.05, 0) is 132 Å². The molecule has 0 unspecified atom stereocenters. The van der Waals surface area contributed by atoms with Gasteiger partial charge in [-0.1, -0.05) is 173 Å². The maximum Gasteiger partial charge on any atom is 0.136 e. The summed E-state index contributed by atoms with van der Waals surface area (Å²) in [7, 11) is 0. The van der Waals surface area contributed by atoms with E-state index in [-0.39, 0.29) is 10.8 Å². The molecule has 296 valence electrons. The molecular weight excluding hydrogens is 751 g/mol. The van der Waals surface area contributed by atoms with Gasteiger partial charge < -0.3 is 9.32 Å². The third-order valence-electron chi connectivity index (χ3n) is 13.9. The molecule has 62 heavy (non-hydrogen) atoms. The second kappa shape index (κ2) is 13.5. The van der Waals surface area contributed by atoms with Crippen LogP contribution in [0.5, 0.6) is 0 Å². The van der Waals surface area contributed by atoms with Gasteiger partial charge in [0.1, 0.15) is 11.2 Å². The summed E-state index contributed by atoms with van der Waals surface area (Å²) in [6, 6.07) is 73.5. The standard InChI is InChI=1S/C60H45NO/c1-59(2)52-34-30-40(36-50(52)47-33-29-41(37-53(47)59)38-15-6-5-7-16-38)39-27-31-43(32-28-39)61(54-24-13-22-48-46-19-8-10-23-51(46)60(3,4)58(48)54)44-18-12-17-42(35-44)45-21-14-26-56-57(45)49-20-9-11-25-55(49)62-56/h5-37H,1-4H3. The van der Waals surface area contributed by atoms with Gasteiger partial charge in [0.15, 0.2) is 0 Å². The molecule has 0 saturated heterocycles. The highest BCUT2D eigenvalue weighted by Gasteiger charge is 2.39. The van der Waals surface area contributed by atoms with Crippen molar-refractivity contribution in [2.45, 2.75) is 38.5 Å². The normalized spacial score (nSPS) is 14.1. The minimum atomic E-state index is -0.198. The smallest absolute Gasteiger partial charge is 0.136 e. The predicted octanol–water partition coefficient (Wildman–Crippen LogP) is 16.7. The molecule has 0 aliphatic heterocycles. The number of nitrogens with zero attached hydrogens (tertiary/aromatic N) is 1. The third kappa shape index (κ3) is 5.43. The largest absolute Gasteiger partial charge is 0.456 e. The lowest BCUT2D eigenvalue weighted by Gasteiger charge is -2.32. The van der Waals surface area contributed by atoms with Gasteiger partial charge in [0.05, 0.1) is 5.69 Å². The second-order valence-corrected chi connectivity index (χ2v) is 18.1. The van der Waals surface area contributed by atoms with Gasteiger partial charge in [-0.2, -0.15) is 0 Å². The average Bonchev–Trinajstić information content (AvgIpc) is 3.89. The highest BCUT2D eigenvalue weighted by atomic mass is 16.3. The van der Waals surface area contributed by atoms with Gasteiger partial charge in [0, 0.05) is 33.0 Å². The number of fused-ring (bicyclic) bond motifs is 9. The fourth-order valence-corrected chi connectivity index (χ4v) is 10.8. The van der Waals surface area contributed by atoms with Gasteiger partial charge in [-0.3, -0.25) is 0 Å². The van der Waals surface area contributed by atoms with Gasteiger partial charge in [-0.25, -0.2) is 0 Å². The Kier molecular flexibility index (Phi) is 7.96. The van der Waals surface area contributed by atoms with E-state index in [1.807, 2.05) is 6.07 Å². The lowest BCUT2D eigenvalue weighted by atomic mass is 9.81. The Balaban J connectivity index is 0.986. The molecule has 0 bridgehead atoms. The molecule has 2 aliphatic carbocycles. The fraction of sp³-hybridized carbons (Fsp3) is 0.100. The van der Waals surface area contributed by atoms with Crippen LogP contribution < -0.4 is 4.90 Å². The van der Waals surface area contributed by atoms with Crippen molar-refractivity contribution in [3.05, 3.63) is 222 Å². The summed E-state index contributed by atoms with van der Waals surface area (Å²) in [4.78, 5) is 2.47. The van der Waals surface area contributed by atoms with Crippen LogP contribution in [0, 0.1) is 0 Å². The first kappa shape index (κ1) is 36.4. The Bertz CT molecular complexity index is 3400. The number of para-hydroxylation sites is 1. The zero-order chi connectivity index (χ0) is 41.7. The molecule has 2 heteroatoms. The predicted molar refractivity (Wildman–Crippen MR) is 260 cm³/mol. The Morgan fingerprint density at radius 1 is 0.355 bits per heavy atom. The summed E-state index contributed by atoms with van der Waals surface area (Å²) in [6.45, 7) is 9.48. The molecule has 12 rings (SSSR count). The van der Waals surface area contributed by atoms with Crippen LogP contribution in [0.3, 0.4) is 0 Å². The molecule has 0 N–H and O–H groups in total. The number of furan rings is 1. The molecule has 0 radical (unpaired) electrons. The van der Waals surface area contributed by atoms with Crippen LogP contribution in [0.1, 0.15) is 49.9 Å². The molecule has 0 fully saturated rings. The van der Waals surface area contributed by atoms with Crippen LogP contribution in [-0.2, 0) is 10.8 Å². The number of hydrogen-bond acceptors (Lipinski definition) is 2. The Hall–Kier alpha value is -7.42. The average molecular weight is 796 g/mol. The van der Waals surface area contributed by atoms with Crippen molar-refractivity contribution in [2.75, 3.05) is 4.90 Å². The minimum Gasteiger partial charge on any atom is -0.456 e. The van der Waals surface area contributed by atoms with Crippen molar-refractivity contribution in [3.63, 3.8) is 0 Å². The maximum absolute atomic E-state index is 6.35. The molecule has 2 nitrogen and oxygen atoms in total. The summed E-state index contributed by atoms with van der Waals surface area (Å²) in [5.74, 6) is 0. The summed E-state index contributed by atoms with van der Waals surface area (Å²) in [6.07, 6.45) is 0. The van der Waals surface area contributed by atoms with E-state index >= 15 is 0 Å². The fourth-order valence-electron chi connectivity index (χ4n) is 10.8. The maximum atomic E-state index is 6.35. The van der Waals surface area contributed by atoms with E-state index < -0.39 is 0 Å². The third-order valence-corrected chi connectivity index (χ3v) is 13.9. The van der Waals surface area contributed by atoms with Crippen molar-refractivity contribution in [1.29, 1.82) is 0 Å². The monoisotopic (exact) mass is 795 g/mol. The van der Waals surface area contributed by atoms with Crippen LogP contribution in [-0.4, -0.2) is 0 Å². The van der Waals surface area contributed by atoms with Crippen LogP contribution in [0.25, 0.3) is 77.6 Å². The molecule has 9 aromatic carbocycles. The number of anilines is 3. The van der Waals surface area contributed by atoms with Crippen molar-refractivity contribution in [2.24, 2.45) is 0 Å². The first-order valence-corrected chi connectivity index (χ1v) is 21.8. The lowest BCUT2D eigenvalue weighted by molar-refractivity contribution is 0.660. The van der Waals surface area contributed by atoms with E-state index in [0.29, 0.717) is 0 Å². The molecule has 10 aromatic rings. The number of rotatable bonds is 6. The zero-order valence-electron chi connectivity index (χ0n) is 35.4. The lowest BCUT2D eigenvalue weighted by Crippen LogP contribution is -2.20. The zero-order valence-corrected chi connectivity index (χ0v) is 35.4. The summed E-state index contributed by atoms with van der Waals surface area (Å²) < 4.78 is 6.35. The van der Waals surface area contributed by atoms with Crippen molar-refractivity contribution >= 4 is 39.0 Å². The SMILES string of the molecule is CC1(C)c2ccc(-c3ccc(N(c4cccc(-c5cccc6oc7ccccc7c56)c4)c4cccc5c4C(C)(C)c4ccccc4-5)cc3)cc2-c2ccc(-c3ccccc3)cc21. The van der Waals surface area contributed by atoms with E-state index in [9.17, 15) is 0 Å². The van der Waals surface area contributed by atoms with Crippen LogP contribution in [0.15, 0.2) is 205 Å². The Morgan fingerprint density at radius 2 is 0.968 bits per heavy atom. The van der Waals surface area contributed by atoms with Gasteiger partial charge in [0.2, 0.25) is 0 Å². The molecule has 2 aliphatic rings. The van der Waals surface area contributed by atoms with Crippen LogP contribution >= 0.6 is 0 Å². The molecular formula is C60H45NO. The van der Waals surface area contributed by atoms with Crippen molar-refractivity contribution < 1.29 is 4.42 Å². The summed E-state index contributed by atoms with van der Waals surface area (Å²) in [5, 5.41) is 2.28. The number of benzene rings is 9. The van der Waals surface area contributed by atoms with E-state index in [1.165, 1.54) is 72.4 Å². The van der Waals surface area contributed by atoms with Crippen LogP contribution in [0.2, 0.25) is 0 Å². The van der Waals surface area contributed by atoms with E-state index in [4.69, 9.17) is 4.42 Å². The van der Waals surface area contributed by atoms with Crippen molar-refractivity contribution in [3.8, 4) is 55.6 Å². The molecule has 0 spiro atoms. The second-order valence-electron chi connectivity index (χ2n) is 18.1. The first-order chi connectivity index (χ1) is 30.3. The first-order valence-electron chi connectivity index (χ1n) is 21.8. The summed E-state index contributed by atoms with van der Waals surface area (Å²) >= 11 is 0. The molecule has 0 saturated carbocycles. The topological polar surface area (TPSA) is 16.4 Å². The highest BCUT2D eigenvalue weighted by molar-refractivity contribution is 6.12. The van der Waals surface area contributed by atoms with Gasteiger partial charge in [0.25, 0.3) is 0 Å². The van der Waals surface area contributed by atoms with E-state index in [2.05, 4.69) is 227 Å². The minimum absolute atomic E-state index is 0.0908.